The molecule has 4 nitrogen and oxygen atoms in total. The molecule has 1 fully saturated rings. The van der Waals surface area contributed by atoms with E-state index >= 15 is 0 Å². The number of benzene rings is 1. The van der Waals surface area contributed by atoms with Crippen molar-refractivity contribution in [2.75, 3.05) is 19.8 Å². The van der Waals surface area contributed by atoms with Gasteiger partial charge in [0.05, 0.1) is 6.10 Å². The summed E-state index contributed by atoms with van der Waals surface area (Å²) in [6.45, 7) is 1.47. The Hall–Kier alpha value is -1.55. The molecular weight excluding hydrogens is 314 g/mol. The molecule has 25 heavy (non-hydrogen) atoms. The van der Waals surface area contributed by atoms with Gasteiger partial charge in [-0.1, -0.05) is 25.3 Å². The van der Waals surface area contributed by atoms with Gasteiger partial charge in [-0.25, -0.2) is 0 Å². The van der Waals surface area contributed by atoms with E-state index in [1.807, 2.05) is 6.07 Å². The summed E-state index contributed by atoms with van der Waals surface area (Å²) >= 11 is 0. The van der Waals surface area contributed by atoms with Crippen molar-refractivity contribution in [2.45, 2.75) is 70.3 Å². The molecule has 1 aromatic rings. The molecule has 0 aromatic heterocycles. The van der Waals surface area contributed by atoms with Crippen molar-refractivity contribution in [2.24, 2.45) is 0 Å². The van der Waals surface area contributed by atoms with Crippen molar-refractivity contribution in [3.05, 3.63) is 29.3 Å². The maximum Gasteiger partial charge on any atom is 0.257 e. The summed E-state index contributed by atoms with van der Waals surface area (Å²) in [4.78, 5) is 11.9. The van der Waals surface area contributed by atoms with Gasteiger partial charge < -0.3 is 14.8 Å². The second kappa shape index (κ2) is 9.81. The van der Waals surface area contributed by atoms with Gasteiger partial charge in [-0.3, -0.25) is 4.79 Å². The summed E-state index contributed by atoms with van der Waals surface area (Å²) in [5.41, 5.74) is 2.81. The standard InChI is InChI=1S/C21H31NO3/c23-21(22-13-6-14-24-19-9-2-1-3-10-19)16-25-20-12-11-17-7-4-5-8-18(17)15-20/h11-12,15,19H,1-10,13-14,16H2,(H,22,23). The summed E-state index contributed by atoms with van der Waals surface area (Å²) in [6.07, 6.45) is 12.4. The number of carbonyl (C=O) groups excluding carboxylic acids is 1. The van der Waals surface area contributed by atoms with Crippen LogP contribution in [0.15, 0.2) is 18.2 Å². The van der Waals surface area contributed by atoms with Crippen LogP contribution < -0.4 is 10.1 Å². The summed E-state index contributed by atoms with van der Waals surface area (Å²) in [6, 6.07) is 6.22. The van der Waals surface area contributed by atoms with E-state index in [1.165, 1.54) is 62.5 Å². The number of nitrogens with one attached hydrogen (secondary N) is 1. The SMILES string of the molecule is O=C(COc1ccc2c(c1)CCCC2)NCCCOC1CCCCC1. The molecule has 1 aromatic carbocycles. The van der Waals surface area contributed by atoms with Gasteiger partial charge in [-0.2, -0.15) is 0 Å². The molecule has 0 heterocycles. The van der Waals surface area contributed by atoms with Gasteiger partial charge in [-0.15, -0.1) is 0 Å². The van der Waals surface area contributed by atoms with E-state index in [2.05, 4.69) is 17.4 Å². The predicted octanol–water partition coefficient (Wildman–Crippen LogP) is 3.80. The number of carbonyl (C=O) groups is 1. The van der Waals surface area contributed by atoms with Crippen LogP contribution in [0.3, 0.4) is 0 Å². The Morgan fingerprint density at radius 2 is 1.84 bits per heavy atom. The van der Waals surface area contributed by atoms with Crippen LogP contribution in [-0.4, -0.2) is 31.8 Å². The summed E-state index contributed by atoms with van der Waals surface area (Å²) < 4.78 is 11.5. The Balaban J connectivity index is 1.28. The average molecular weight is 345 g/mol. The number of amides is 1. The van der Waals surface area contributed by atoms with Gasteiger partial charge in [0, 0.05) is 13.2 Å². The Labute approximate surface area is 151 Å². The topological polar surface area (TPSA) is 47.6 Å². The molecule has 0 radical (unpaired) electrons. The zero-order valence-corrected chi connectivity index (χ0v) is 15.2. The van der Waals surface area contributed by atoms with E-state index < -0.39 is 0 Å². The van der Waals surface area contributed by atoms with E-state index in [-0.39, 0.29) is 12.5 Å². The molecule has 0 unspecified atom stereocenters. The van der Waals surface area contributed by atoms with Crippen molar-refractivity contribution in [1.29, 1.82) is 0 Å². The number of fused-ring (bicyclic) bond motifs is 1. The Bertz CT molecular complexity index is 552. The molecule has 0 bridgehead atoms. The minimum absolute atomic E-state index is 0.0598. The van der Waals surface area contributed by atoms with Crippen molar-refractivity contribution < 1.29 is 14.3 Å². The van der Waals surface area contributed by atoms with Gasteiger partial charge in [0.15, 0.2) is 6.61 Å². The van der Waals surface area contributed by atoms with Gasteiger partial charge in [0.1, 0.15) is 5.75 Å². The van der Waals surface area contributed by atoms with Crippen LogP contribution in [-0.2, 0) is 22.4 Å². The number of hydrogen-bond acceptors (Lipinski definition) is 3. The van der Waals surface area contributed by atoms with E-state index in [9.17, 15) is 4.79 Å². The van der Waals surface area contributed by atoms with E-state index in [1.54, 1.807) is 0 Å². The summed E-state index contributed by atoms with van der Waals surface area (Å²) in [7, 11) is 0. The van der Waals surface area contributed by atoms with Crippen LogP contribution in [0.1, 0.15) is 62.5 Å². The molecular formula is C21H31NO3. The fourth-order valence-electron chi connectivity index (χ4n) is 3.78. The van der Waals surface area contributed by atoms with E-state index in [4.69, 9.17) is 9.47 Å². The van der Waals surface area contributed by atoms with Crippen molar-refractivity contribution in [1.82, 2.24) is 5.32 Å². The van der Waals surface area contributed by atoms with Crippen LogP contribution in [0, 0.1) is 0 Å². The Morgan fingerprint density at radius 3 is 2.68 bits per heavy atom. The summed E-state index contributed by atoms with van der Waals surface area (Å²) in [5, 5.41) is 2.91. The van der Waals surface area contributed by atoms with Crippen LogP contribution in [0.25, 0.3) is 0 Å². The molecule has 4 heteroatoms. The minimum Gasteiger partial charge on any atom is -0.484 e. The highest BCUT2D eigenvalue weighted by Gasteiger charge is 2.13. The van der Waals surface area contributed by atoms with Crippen molar-refractivity contribution in [3.63, 3.8) is 0 Å². The van der Waals surface area contributed by atoms with Gasteiger partial charge in [-0.05, 0) is 68.2 Å². The fraction of sp³-hybridized carbons (Fsp3) is 0.667. The maximum atomic E-state index is 11.9. The molecule has 0 aliphatic heterocycles. The molecule has 0 spiro atoms. The lowest BCUT2D eigenvalue weighted by atomic mass is 9.92. The highest BCUT2D eigenvalue weighted by Crippen LogP contribution is 2.25. The maximum absolute atomic E-state index is 11.9. The quantitative estimate of drug-likeness (QED) is 0.729. The van der Waals surface area contributed by atoms with E-state index in [0.29, 0.717) is 12.6 Å². The lowest BCUT2D eigenvalue weighted by Gasteiger charge is -2.21. The molecule has 0 saturated heterocycles. The first kappa shape index (κ1) is 18.2. The zero-order chi connectivity index (χ0) is 17.3. The lowest BCUT2D eigenvalue weighted by Crippen LogP contribution is -2.30. The van der Waals surface area contributed by atoms with Crippen LogP contribution in [0.2, 0.25) is 0 Å². The van der Waals surface area contributed by atoms with Crippen LogP contribution in [0.4, 0.5) is 0 Å². The highest BCUT2D eigenvalue weighted by molar-refractivity contribution is 5.77. The normalized spacial score (nSPS) is 17.8. The zero-order valence-electron chi connectivity index (χ0n) is 15.2. The van der Waals surface area contributed by atoms with Gasteiger partial charge in [0.2, 0.25) is 0 Å². The molecule has 1 N–H and O–H groups in total. The third-order valence-corrected chi connectivity index (χ3v) is 5.24. The third-order valence-electron chi connectivity index (χ3n) is 5.24. The number of aryl methyl sites for hydroxylation is 2. The molecule has 3 rings (SSSR count). The molecule has 0 atom stereocenters. The predicted molar refractivity (Wildman–Crippen MR) is 99.0 cm³/mol. The Kier molecular flexibility index (Phi) is 7.16. The summed E-state index contributed by atoms with van der Waals surface area (Å²) in [5.74, 6) is 0.742. The molecule has 2 aliphatic rings. The fourth-order valence-corrected chi connectivity index (χ4v) is 3.78. The minimum atomic E-state index is -0.0598. The first-order valence-electron chi connectivity index (χ1n) is 9.94. The van der Waals surface area contributed by atoms with Crippen LogP contribution in [0.5, 0.6) is 5.75 Å². The molecule has 1 saturated carbocycles. The molecule has 138 valence electrons. The highest BCUT2D eigenvalue weighted by atomic mass is 16.5. The molecule has 1 amide bonds. The Morgan fingerprint density at radius 1 is 1.04 bits per heavy atom. The first-order valence-corrected chi connectivity index (χ1v) is 9.94. The van der Waals surface area contributed by atoms with Crippen molar-refractivity contribution in [3.8, 4) is 5.75 Å². The third kappa shape index (κ3) is 6.03. The first-order chi connectivity index (χ1) is 12.3. The second-order valence-corrected chi connectivity index (χ2v) is 7.26. The number of rotatable bonds is 8. The van der Waals surface area contributed by atoms with E-state index in [0.717, 1.165) is 25.2 Å². The largest absolute Gasteiger partial charge is 0.484 e. The number of ether oxygens (including phenoxy) is 2. The van der Waals surface area contributed by atoms with Gasteiger partial charge in [0.25, 0.3) is 5.91 Å². The number of hydrogen-bond donors (Lipinski definition) is 1. The monoisotopic (exact) mass is 345 g/mol. The molecule has 2 aliphatic carbocycles. The lowest BCUT2D eigenvalue weighted by molar-refractivity contribution is -0.123. The van der Waals surface area contributed by atoms with Crippen LogP contribution >= 0.6 is 0 Å². The average Bonchev–Trinajstić information content (AvgIpc) is 2.67. The van der Waals surface area contributed by atoms with Crippen molar-refractivity contribution >= 4 is 5.91 Å². The smallest absolute Gasteiger partial charge is 0.257 e. The van der Waals surface area contributed by atoms with Gasteiger partial charge >= 0.3 is 0 Å². The second-order valence-electron chi connectivity index (χ2n) is 7.26.